The van der Waals surface area contributed by atoms with Crippen molar-refractivity contribution in [2.75, 3.05) is 26.2 Å². The van der Waals surface area contributed by atoms with E-state index < -0.39 is 0 Å². The van der Waals surface area contributed by atoms with E-state index in [2.05, 4.69) is 60.0 Å². The second-order valence-corrected chi connectivity index (χ2v) is 8.49. The predicted octanol–water partition coefficient (Wildman–Crippen LogP) is 4.36. The smallest absolute Gasteiger partial charge is 0.222 e. The summed E-state index contributed by atoms with van der Waals surface area (Å²) >= 11 is 0. The summed E-state index contributed by atoms with van der Waals surface area (Å²) in [6.45, 7) is 7.78. The lowest BCUT2D eigenvalue weighted by molar-refractivity contribution is -0.129. The van der Waals surface area contributed by atoms with Crippen LogP contribution in [-0.2, 0) is 17.8 Å². The van der Waals surface area contributed by atoms with Gasteiger partial charge in [-0.3, -0.25) is 4.79 Å². The molecular weight excluding hydrogens is 527 g/mol. The topological polar surface area (TPSA) is 66.0 Å². The molecule has 6 nitrogen and oxygen atoms in total. The minimum Gasteiger partial charge on any atom is -0.493 e. The van der Waals surface area contributed by atoms with Crippen molar-refractivity contribution < 1.29 is 9.53 Å². The van der Waals surface area contributed by atoms with Gasteiger partial charge in [0.2, 0.25) is 5.91 Å². The summed E-state index contributed by atoms with van der Waals surface area (Å²) in [5.74, 6) is 2.06. The van der Waals surface area contributed by atoms with Gasteiger partial charge in [0.05, 0.1) is 13.2 Å². The fourth-order valence-corrected chi connectivity index (χ4v) is 4.35. The average Bonchev–Trinajstić information content (AvgIpc) is 3.31. The quantitative estimate of drug-likeness (QED) is 0.312. The van der Waals surface area contributed by atoms with Gasteiger partial charge in [0.15, 0.2) is 5.96 Å². The number of hydrogen-bond acceptors (Lipinski definition) is 3. The standard InChI is InChI=1S/C26H34N4O2.HI/c1-3-25(31)30-14-13-23(18-30)29-26(27-4-2)28-17-19-7-9-20(10-8-19)21-11-12-24-22(16-21)6-5-15-32-24;/h7-12,16,23H,3-6,13-15,17-18H2,1-2H3,(H2,27,28,29);1H. The number of nitrogens with one attached hydrogen (secondary N) is 2. The number of guanidine groups is 1. The molecule has 2 aromatic rings. The first kappa shape index (κ1) is 25.3. The summed E-state index contributed by atoms with van der Waals surface area (Å²) in [5.41, 5.74) is 4.91. The van der Waals surface area contributed by atoms with Gasteiger partial charge < -0.3 is 20.3 Å². The van der Waals surface area contributed by atoms with Crippen molar-refractivity contribution in [2.45, 2.75) is 52.1 Å². The number of rotatable bonds is 6. The zero-order chi connectivity index (χ0) is 22.3. The summed E-state index contributed by atoms with van der Waals surface area (Å²) in [7, 11) is 0. The van der Waals surface area contributed by atoms with Crippen LogP contribution in [0.4, 0.5) is 0 Å². The Labute approximate surface area is 214 Å². The maximum absolute atomic E-state index is 11.9. The summed E-state index contributed by atoms with van der Waals surface area (Å²) in [6.07, 6.45) is 3.69. The molecule has 0 bridgehead atoms. The zero-order valence-corrected chi connectivity index (χ0v) is 21.9. The number of carbonyl (C=O) groups excluding carboxylic acids is 1. The molecule has 0 spiro atoms. The van der Waals surface area contributed by atoms with Crippen LogP contribution in [0.25, 0.3) is 11.1 Å². The zero-order valence-electron chi connectivity index (χ0n) is 19.6. The number of benzene rings is 2. The molecule has 1 fully saturated rings. The lowest BCUT2D eigenvalue weighted by Gasteiger charge is -2.18. The molecule has 0 radical (unpaired) electrons. The number of aliphatic imine (C=N–C) groups is 1. The van der Waals surface area contributed by atoms with Crippen molar-refractivity contribution >= 4 is 35.8 Å². The van der Waals surface area contributed by atoms with E-state index in [1.54, 1.807) is 0 Å². The van der Waals surface area contributed by atoms with Crippen LogP contribution >= 0.6 is 24.0 Å². The first-order valence-corrected chi connectivity index (χ1v) is 11.8. The fourth-order valence-electron chi connectivity index (χ4n) is 4.35. The Morgan fingerprint density at radius 3 is 2.70 bits per heavy atom. The van der Waals surface area contributed by atoms with Gasteiger partial charge in [0, 0.05) is 32.1 Å². The molecule has 0 aromatic heterocycles. The molecule has 178 valence electrons. The number of nitrogens with zero attached hydrogens (tertiary/aromatic N) is 2. The van der Waals surface area contributed by atoms with Crippen LogP contribution in [0, 0.1) is 0 Å². The second-order valence-electron chi connectivity index (χ2n) is 8.49. The van der Waals surface area contributed by atoms with Crippen LogP contribution in [-0.4, -0.2) is 49.0 Å². The third-order valence-corrected chi connectivity index (χ3v) is 6.14. The molecule has 1 unspecified atom stereocenters. The summed E-state index contributed by atoms with van der Waals surface area (Å²) in [6, 6.07) is 15.4. The molecule has 2 aromatic carbocycles. The predicted molar refractivity (Wildman–Crippen MR) is 144 cm³/mol. The molecule has 2 N–H and O–H groups in total. The average molecular weight is 562 g/mol. The van der Waals surface area contributed by atoms with E-state index in [0.717, 1.165) is 57.2 Å². The van der Waals surface area contributed by atoms with Gasteiger partial charge in [0.25, 0.3) is 0 Å². The van der Waals surface area contributed by atoms with Crippen LogP contribution in [0.2, 0.25) is 0 Å². The van der Waals surface area contributed by atoms with E-state index in [-0.39, 0.29) is 35.9 Å². The minimum atomic E-state index is 0. The Bertz CT molecular complexity index is 961. The molecular formula is C26H35IN4O2. The number of ether oxygens (including phenoxy) is 1. The van der Waals surface area contributed by atoms with Gasteiger partial charge in [-0.05, 0) is 60.6 Å². The van der Waals surface area contributed by atoms with Crippen LogP contribution in [0.3, 0.4) is 0 Å². The lowest BCUT2D eigenvalue weighted by Crippen LogP contribution is -2.45. The fraction of sp³-hybridized carbons (Fsp3) is 0.462. The van der Waals surface area contributed by atoms with Gasteiger partial charge in [0.1, 0.15) is 5.75 Å². The van der Waals surface area contributed by atoms with Gasteiger partial charge in [-0.2, -0.15) is 0 Å². The van der Waals surface area contributed by atoms with E-state index in [1.165, 1.54) is 22.3 Å². The van der Waals surface area contributed by atoms with Crippen LogP contribution in [0.15, 0.2) is 47.5 Å². The number of carbonyl (C=O) groups is 1. The second kappa shape index (κ2) is 12.3. The lowest BCUT2D eigenvalue weighted by atomic mass is 9.98. The van der Waals surface area contributed by atoms with Gasteiger partial charge in [-0.1, -0.05) is 37.3 Å². The van der Waals surface area contributed by atoms with E-state index in [1.807, 2.05) is 11.8 Å². The molecule has 1 amide bonds. The molecule has 2 aliphatic rings. The summed E-state index contributed by atoms with van der Waals surface area (Å²) < 4.78 is 5.73. The first-order chi connectivity index (χ1) is 15.7. The Kier molecular flexibility index (Phi) is 9.41. The maximum atomic E-state index is 11.9. The highest BCUT2D eigenvalue weighted by Gasteiger charge is 2.25. The van der Waals surface area contributed by atoms with Crippen LogP contribution in [0.1, 0.15) is 44.2 Å². The molecule has 2 heterocycles. The number of likely N-dealkylation sites (tertiary alicyclic amines) is 1. The van der Waals surface area contributed by atoms with E-state index in [0.29, 0.717) is 13.0 Å². The van der Waals surface area contributed by atoms with E-state index >= 15 is 0 Å². The molecule has 0 saturated carbocycles. The Balaban J connectivity index is 0.00000306. The number of hydrogen-bond donors (Lipinski definition) is 2. The minimum absolute atomic E-state index is 0. The van der Waals surface area contributed by atoms with Gasteiger partial charge >= 0.3 is 0 Å². The molecule has 4 rings (SSSR count). The number of halogens is 1. The third-order valence-electron chi connectivity index (χ3n) is 6.14. The monoisotopic (exact) mass is 562 g/mol. The number of fused-ring (bicyclic) bond motifs is 1. The van der Waals surface area contributed by atoms with Crippen LogP contribution < -0.4 is 15.4 Å². The first-order valence-electron chi connectivity index (χ1n) is 11.8. The molecule has 0 aliphatic carbocycles. The Hall–Kier alpha value is -2.29. The SMILES string of the molecule is CCNC(=NCc1ccc(-c2ccc3c(c2)CCCO3)cc1)NC1CCN(C(=O)CC)C1.I. The van der Waals surface area contributed by atoms with Crippen molar-refractivity contribution in [3.05, 3.63) is 53.6 Å². The highest BCUT2D eigenvalue weighted by molar-refractivity contribution is 14.0. The summed E-state index contributed by atoms with van der Waals surface area (Å²) in [4.78, 5) is 18.6. The van der Waals surface area contributed by atoms with E-state index in [4.69, 9.17) is 9.73 Å². The Morgan fingerprint density at radius 1 is 1.15 bits per heavy atom. The molecule has 2 aliphatic heterocycles. The van der Waals surface area contributed by atoms with Gasteiger partial charge in [-0.15, -0.1) is 24.0 Å². The van der Waals surface area contributed by atoms with Crippen molar-refractivity contribution in [1.82, 2.24) is 15.5 Å². The molecule has 7 heteroatoms. The van der Waals surface area contributed by atoms with Gasteiger partial charge in [-0.25, -0.2) is 4.99 Å². The number of amides is 1. The Morgan fingerprint density at radius 2 is 1.94 bits per heavy atom. The van der Waals surface area contributed by atoms with E-state index in [9.17, 15) is 4.79 Å². The van der Waals surface area contributed by atoms with Crippen molar-refractivity contribution in [1.29, 1.82) is 0 Å². The largest absolute Gasteiger partial charge is 0.493 e. The summed E-state index contributed by atoms with van der Waals surface area (Å²) in [5, 5.41) is 6.82. The highest BCUT2D eigenvalue weighted by atomic mass is 127. The normalized spacial score (nSPS) is 17.6. The molecule has 1 atom stereocenters. The third kappa shape index (κ3) is 6.62. The van der Waals surface area contributed by atoms with Crippen molar-refractivity contribution in [3.8, 4) is 16.9 Å². The van der Waals surface area contributed by atoms with Crippen molar-refractivity contribution in [3.63, 3.8) is 0 Å². The number of aryl methyl sites for hydroxylation is 1. The molecule has 1 saturated heterocycles. The maximum Gasteiger partial charge on any atom is 0.222 e. The van der Waals surface area contributed by atoms with Crippen molar-refractivity contribution in [2.24, 2.45) is 4.99 Å². The highest BCUT2D eigenvalue weighted by Crippen LogP contribution is 2.30. The molecule has 33 heavy (non-hydrogen) atoms. The van der Waals surface area contributed by atoms with Crippen LogP contribution in [0.5, 0.6) is 5.75 Å².